The highest BCUT2D eigenvalue weighted by molar-refractivity contribution is 5.70. The largest absolute Gasteiger partial charge is 0.460 e. The summed E-state index contributed by atoms with van der Waals surface area (Å²) in [5.74, 6) is -0.144. The maximum Gasteiger partial charge on any atom is 0.306 e. The predicted octanol–water partition coefficient (Wildman–Crippen LogP) is 3.23. The van der Waals surface area contributed by atoms with Crippen molar-refractivity contribution in [2.75, 3.05) is 0 Å². The molecule has 1 aromatic rings. The lowest BCUT2D eigenvalue weighted by Gasteiger charge is -2.19. The maximum atomic E-state index is 11.6. The molecule has 0 amide bonds. The Hall–Kier alpha value is -1.38. The molecular weight excluding hydrogens is 226 g/mol. The van der Waals surface area contributed by atoms with E-state index in [4.69, 9.17) is 4.74 Å². The number of esters is 1. The molecule has 0 spiro atoms. The molecule has 0 saturated heterocycles. The Kier molecular flexibility index (Phi) is 4.88. The molecule has 0 N–H and O–H groups in total. The third-order valence-electron chi connectivity index (χ3n) is 2.47. The molecule has 0 aromatic carbocycles. The lowest BCUT2D eigenvalue weighted by Crippen LogP contribution is -2.24. The number of aryl methyl sites for hydroxylation is 3. The van der Waals surface area contributed by atoms with Crippen LogP contribution in [0.1, 0.15) is 51.1 Å². The first kappa shape index (κ1) is 14.7. The molecule has 0 atom stereocenters. The second-order valence-corrected chi connectivity index (χ2v) is 5.55. The molecule has 0 radical (unpaired) electrons. The van der Waals surface area contributed by atoms with Crippen LogP contribution in [0.4, 0.5) is 0 Å². The quantitative estimate of drug-likeness (QED) is 0.769. The minimum atomic E-state index is -0.403. The normalized spacial score (nSPS) is 11.4. The van der Waals surface area contributed by atoms with Crippen LogP contribution in [0.2, 0.25) is 0 Å². The molecule has 3 nitrogen and oxygen atoms in total. The zero-order valence-electron chi connectivity index (χ0n) is 12.0. The fraction of sp³-hybridized carbons (Fsp3) is 0.600. The van der Waals surface area contributed by atoms with Crippen molar-refractivity contribution in [2.24, 2.45) is 0 Å². The molecule has 1 rings (SSSR count). The number of rotatable bonds is 4. The molecule has 18 heavy (non-hydrogen) atoms. The number of hydrogen-bond acceptors (Lipinski definition) is 3. The highest BCUT2D eigenvalue weighted by Gasteiger charge is 2.16. The van der Waals surface area contributed by atoms with Gasteiger partial charge in [0.1, 0.15) is 5.60 Å². The van der Waals surface area contributed by atoms with Crippen LogP contribution in [-0.2, 0) is 22.4 Å². The number of ether oxygens (including phenoxy) is 1. The minimum absolute atomic E-state index is 0.144. The Morgan fingerprint density at radius 1 is 1.33 bits per heavy atom. The third kappa shape index (κ3) is 5.30. The van der Waals surface area contributed by atoms with Gasteiger partial charge in [-0.2, -0.15) is 0 Å². The van der Waals surface area contributed by atoms with Crippen molar-refractivity contribution >= 4 is 5.97 Å². The smallest absolute Gasteiger partial charge is 0.306 e. The van der Waals surface area contributed by atoms with Gasteiger partial charge in [0.2, 0.25) is 0 Å². The van der Waals surface area contributed by atoms with Gasteiger partial charge in [0.05, 0.1) is 0 Å². The molecule has 0 saturated carbocycles. The molecule has 0 bridgehead atoms. The van der Waals surface area contributed by atoms with Gasteiger partial charge in [0.25, 0.3) is 0 Å². The van der Waals surface area contributed by atoms with Gasteiger partial charge in [-0.3, -0.25) is 9.78 Å². The van der Waals surface area contributed by atoms with Crippen molar-refractivity contribution in [3.63, 3.8) is 0 Å². The van der Waals surface area contributed by atoms with Gasteiger partial charge in [0, 0.05) is 17.8 Å². The summed E-state index contributed by atoms with van der Waals surface area (Å²) in [5.41, 5.74) is 2.84. The van der Waals surface area contributed by atoms with Crippen LogP contribution < -0.4 is 0 Å². The van der Waals surface area contributed by atoms with E-state index < -0.39 is 5.60 Å². The van der Waals surface area contributed by atoms with E-state index in [1.165, 1.54) is 0 Å². The summed E-state index contributed by atoms with van der Waals surface area (Å²) in [4.78, 5) is 16.1. The highest BCUT2D eigenvalue weighted by atomic mass is 16.6. The van der Waals surface area contributed by atoms with E-state index in [0.29, 0.717) is 12.8 Å². The number of pyridine rings is 1. The van der Waals surface area contributed by atoms with Crippen LogP contribution in [0.15, 0.2) is 12.1 Å². The Bertz CT molecular complexity index is 419. The third-order valence-corrected chi connectivity index (χ3v) is 2.47. The SMILES string of the molecule is CCc1cc(CCC(=O)OC(C)(C)C)cc(C)n1. The van der Waals surface area contributed by atoms with E-state index in [1.54, 1.807) is 0 Å². The molecule has 1 aromatic heterocycles. The highest BCUT2D eigenvalue weighted by Crippen LogP contribution is 2.12. The molecule has 0 aliphatic heterocycles. The first-order valence-electron chi connectivity index (χ1n) is 6.48. The van der Waals surface area contributed by atoms with E-state index in [-0.39, 0.29) is 5.97 Å². The first-order valence-corrected chi connectivity index (χ1v) is 6.48. The summed E-state index contributed by atoms with van der Waals surface area (Å²) in [6, 6.07) is 4.10. The Labute approximate surface area is 110 Å². The minimum Gasteiger partial charge on any atom is -0.460 e. The number of aromatic nitrogens is 1. The van der Waals surface area contributed by atoms with Gasteiger partial charge in [-0.25, -0.2) is 0 Å². The van der Waals surface area contributed by atoms with Gasteiger partial charge in [-0.15, -0.1) is 0 Å². The van der Waals surface area contributed by atoms with Gasteiger partial charge < -0.3 is 4.74 Å². The van der Waals surface area contributed by atoms with Crippen molar-refractivity contribution in [2.45, 2.75) is 59.5 Å². The summed E-state index contributed by atoms with van der Waals surface area (Å²) in [7, 11) is 0. The first-order chi connectivity index (χ1) is 8.30. The van der Waals surface area contributed by atoms with E-state index in [1.807, 2.05) is 33.8 Å². The van der Waals surface area contributed by atoms with Gasteiger partial charge in [0.15, 0.2) is 0 Å². The lowest BCUT2D eigenvalue weighted by molar-refractivity contribution is -0.154. The van der Waals surface area contributed by atoms with E-state index in [0.717, 1.165) is 23.4 Å². The van der Waals surface area contributed by atoms with Crippen LogP contribution in [0.25, 0.3) is 0 Å². The van der Waals surface area contributed by atoms with Crippen LogP contribution >= 0.6 is 0 Å². The number of carbonyl (C=O) groups is 1. The molecule has 0 aliphatic rings. The van der Waals surface area contributed by atoms with Crippen LogP contribution in [0.3, 0.4) is 0 Å². The summed E-state index contributed by atoms with van der Waals surface area (Å²) in [6.45, 7) is 9.72. The molecule has 0 aliphatic carbocycles. The maximum absolute atomic E-state index is 11.6. The van der Waals surface area contributed by atoms with E-state index in [2.05, 4.69) is 18.0 Å². The van der Waals surface area contributed by atoms with Gasteiger partial charge in [-0.05, 0) is 58.2 Å². The summed E-state index contributed by atoms with van der Waals surface area (Å²) >= 11 is 0. The average Bonchev–Trinajstić information content (AvgIpc) is 2.23. The standard InChI is InChI=1S/C15H23NO2/c1-6-13-10-12(9-11(2)16-13)7-8-14(17)18-15(3,4)5/h9-10H,6-8H2,1-5H3. The van der Waals surface area contributed by atoms with Crippen molar-refractivity contribution < 1.29 is 9.53 Å². The average molecular weight is 249 g/mol. The Morgan fingerprint density at radius 3 is 2.56 bits per heavy atom. The van der Waals surface area contributed by atoms with Gasteiger partial charge >= 0.3 is 5.97 Å². The molecular formula is C15H23NO2. The second kappa shape index (κ2) is 5.98. The lowest BCUT2D eigenvalue weighted by atomic mass is 10.1. The van der Waals surface area contributed by atoms with Crippen LogP contribution in [0, 0.1) is 6.92 Å². The van der Waals surface area contributed by atoms with Crippen molar-refractivity contribution in [1.82, 2.24) is 4.98 Å². The molecule has 100 valence electrons. The zero-order valence-corrected chi connectivity index (χ0v) is 12.0. The molecule has 1 heterocycles. The Balaban J connectivity index is 2.58. The van der Waals surface area contributed by atoms with Crippen molar-refractivity contribution in [3.8, 4) is 0 Å². The number of nitrogens with zero attached hydrogens (tertiary/aromatic N) is 1. The monoisotopic (exact) mass is 249 g/mol. The summed E-state index contributed by atoms with van der Waals surface area (Å²) < 4.78 is 5.29. The topological polar surface area (TPSA) is 39.2 Å². The fourth-order valence-corrected chi connectivity index (χ4v) is 1.78. The van der Waals surface area contributed by atoms with Crippen LogP contribution in [0.5, 0.6) is 0 Å². The van der Waals surface area contributed by atoms with Crippen molar-refractivity contribution in [1.29, 1.82) is 0 Å². The van der Waals surface area contributed by atoms with E-state index >= 15 is 0 Å². The summed E-state index contributed by atoms with van der Waals surface area (Å²) in [6.07, 6.45) is 2.05. The second-order valence-electron chi connectivity index (χ2n) is 5.55. The zero-order chi connectivity index (χ0) is 13.8. The predicted molar refractivity (Wildman–Crippen MR) is 72.5 cm³/mol. The fourth-order valence-electron chi connectivity index (χ4n) is 1.78. The Morgan fingerprint density at radius 2 is 2.00 bits per heavy atom. The number of carbonyl (C=O) groups excluding carboxylic acids is 1. The van der Waals surface area contributed by atoms with Gasteiger partial charge in [-0.1, -0.05) is 6.92 Å². The van der Waals surface area contributed by atoms with Crippen LogP contribution in [-0.4, -0.2) is 16.6 Å². The molecule has 3 heteroatoms. The molecule has 0 fully saturated rings. The molecule has 0 unspecified atom stereocenters. The van der Waals surface area contributed by atoms with Crippen molar-refractivity contribution in [3.05, 3.63) is 29.1 Å². The summed E-state index contributed by atoms with van der Waals surface area (Å²) in [5, 5.41) is 0. The van der Waals surface area contributed by atoms with E-state index in [9.17, 15) is 4.79 Å². The number of hydrogen-bond donors (Lipinski definition) is 0.